The Labute approximate surface area is 238 Å². The topological polar surface area (TPSA) is 109 Å². The smallest absolute Gasteiger partial charge is 0.414 e. The zero-order chi connectivity index (χ0) is 29.1. The van der Waals surface area contributed by atoms with Crippen LogP contribution in [0.4, 0.5) is 30.8 Å². The molecule has 0 saturated carbocycles. The first-order valence-corrected chi connectivity index (χ1v) is 16.9. The Kier molecular flexibility index (Phi) is 6.82. The van der Waals surface area contributed by atoms with Crippen molar-refractivity contribution in [2.75, 3.05) is 47.6 Å². The molecule has 0 bridgehead atoms. The molecule has 3 fully saturated rings. The number of hydrogen-bond donors (Lipinski definition) is 1. The number of cyclic esters (lactones) is 2. The Morgan fingerprint density at radius 1 is 0.976 bits per heavy atom. The molecule has 0 aliphatic carbocycles. The maximum atomic E-state index is 15.8. The van der Waals surface area contributed by atoms with Crippen molar-refractivity contribution in [1.29, 1.82) is 0 Å². The molecule has 10 nitrogen and oxygen atoms in total. The third-order valence-electron chi connectivity index (χ3n) is 8.78. The van der Waals surface area contributed by atoms with Crippen LogP contribution < -0.4 is 14.7 Å². The second-order valence-corrected chi connectivity index (χ2v) is 15.4. The molecule has 4 aliphatic rings. The first-order chi connectivity index (χ1) is 19.6. The Morgan fingerprint density at radius 2 is 1.59 bits per heavy atom. The number of hydrogen-bond acceptors (Lipinski definition) is 7. The molecule has 4 aliphatic heterocycles. The van der Waals surface area contributed by atoms with Crippen LogP contribution in [0.25, 0.3) is 0 Å². The molecule has 2 aromatic rings. The van der Waals surface area contributed by atoms with Gasteiger partial charge >= 0.3 is 12.2 Å². The molecule has 41 heavy (non-hydrogen) atoms. The molecule has 6 rings (SSSR count). The number of aliphatic hydroxyl groups is 1. The van der Waals surface area contributed by atoms with E-state index in [2.05, 4.69) is 0 Å². The van der Waals surface area contributed by atoms with E-state index in [9.17, 15) is 19.5 Å². The molecule has 1 spiro atoms. The minimum Gasteiger partial charge on any atom is -0.447 e. The summed E-state index contributed by atoms with van der Waals surface area (Å²) in [6.07, 6.45) is -1.26. The summed E-state index contributed by atoms with van der Waals surface area (Å²) >= 11 is 0. The number of amides is 3. The number of rotatable bonds is 7. The van der Waals surface area contributed by atoms with Crippen LogP contribution in [-0.4, -0.2) is 70.6 Å². The third-order valence-corrected chi connectivity index (χ3v) is 11.2. The van der Waals surface area contributed by atoms with Crippen molar-refractivity contribution in [3.05, 3.63) is 53.6 Å². The van der Waals surface area contributed by atoms with Crippen molar-refractivity contribution >= 4 is 43.6 Å². The highest BCUT2D eigenvalue weighted by molar-refractivity contribution is 6.72. The summed E-state index contributed by atoms with van der Waals surface area (Å²) in [4.78, 5) is 43.6. The van der Waals surface area contributed by atoms with Gasteiger partial charge in [0.05, 0.1) is 31.4 Å². The Morgan fingerprint density at radius 3 is 2.15 bits per heavy atom. The van der Waals surface area contributed by atoms with Crippen LogP contribution in [0.3, 0.4) is 0 Å². The van der Waals surface area contributed by atoms with Gasteiger partial charge in [-0.3, -0.25) is 14.6 Å². The molecule has 0 unspecified atom stereocenters. The van der Waals surface area contributed by atoms with Crippen LogP contribution >= 0.6 is 0 Å². The van der Waals surface area contributed by atoms with E-state index in [0.29, 0.717) is 42.3 Å². The van der Waals surface area contributed by atoms with Crippen molar-refractivity contribution < 1.29 is 37.8 Å². The summed E-state index contributed by atoms with van der Waals surface area (Å²) in [5, 5.41) is 9.80. The van der Waals surface area contributed by atoms with Gasteiger partial charge in [-0.2, -0.15) is 0 Å². The second kappa shape index (κ2) is 10.1. The van der Waals surface area contributed by atoms with Gasteiger partial charge < -0.3 is 28.3 Å². The van der Waals surface area contributed by atoms with E-state index in [0.717, 1.165) is 5.56 Å². The van der Waals surface area contributed by atoms with Crippen LogP contribution in [0.15, 0.2) is 42.5 Å². The molecule has 4 heterocycles. The quantitative estimate of drug-likeness (QED) is 0.382. The average Bonchev–Trinajstić information content (AvgIpc) is 3.68. The van der Waals surface area contributed by atoms with Gasteiger partial charge in [0.15, 0.2) is 5.60 Å². The maximum absolute atomic E-state index is 15.8. The molecule has 3 amide bonds. The molecule has 4 atom stereocenters. The highest BCUT2D eigenvalue weighted by Crippen LogP contribution is 2.60. The fourth-order valence-electron chi connectivity index (χ4n) is 6.98. The lowest BCUT2D eigenvalue weighted by Gasteiger charge is -2.31. The molecule has 218 valence electrons. The standard InChI is InChI=1S/C29H34FN3O7Si/c1-18-25(41(2,3)30)24(10-13-34)40-29(18)22-16-21(32-12-15-39-28(32)37)8-9-23(22)33(26(29)35)17-19-4-6-20(7-5-19)31-11-14-38-27(31)36/h4-9,16,18,24-25,34H,10-15,17H2,1-3H3/t18-,24+,25-,29+/m0/s1. The molecule has 1 N–H and O–H groups in total. The Balaban J connectivity index is 1.40. The number of anilines is 3. The van der Waals surface area contributed by atoms with Crippen molar-refractivity contribution in [3.8, 4) is 0 Å². The number of carbonyl (C=O) groups excluding carboxylic acids is 3. The zero-order valence-electron chi connectivity index (χ0n) is 23.3. The third kappa shape index (κ3) is 4.39. The minimum absolute atomic E-state index is 0.185. The second-order valence-electron chi connectivity index (χ2n) is 11.6. The predicted octanol–water partition coefficient (Wildman–Crippen LogP) is 4.30. The minimum atomic E-state index is -3.34. The monoisotopic (exact) mass is 583 g/mol. The number of benzene rings is 2. The molecular weight excluding hydrogens is 549 g/mol. The normalized spacial score (nSPS) is 27.7. The Hall–Kier alpha value is -3.48. The van der Waals surface area contributed by atoms with Crippen molar-refractivity contribution in [2.24, 2.45) is 5.92 Å². The van der Waals surface area contributed by atoms with Crippen molar-refractivity contribution in [1.82, 2.24) is 0 Å². The SMILES string of the molecule is C[C@H]1[C@H]([Si](C)(C)F)[C@@H](CCO)O[C@]12C(=O)N(Cc1ccc(N3CCOC3=O)cc1)c1ccc(N3CCOC3=O)cc12. The fourth-order valence-corrected chi connectivity index (χ4v) is 9.52. The average molecular weight is 584 g/mol. The lowest BCUT2D eigenvalue weighted by Crippen LogP contribution is -2.45. The molecule has 3 saturated heterocycles. The van der Waals surface area contributed by atoms with E-state index in [1.807, 2.05) is 31.2 Å². The lowest BCUT2D eigenvalue weighted by atomic mass is 9.82. The van der Waals surface area contributed by atoms with Crippen molar-refractivity contribution in [2.45, 2.75) is 50.2 Å². The summed E-state index contributed by atoms with van der Waals surface area (Å²) in [5.74, 6) is -0.802. The van der Waals surface area contributed by atoms with Gasteiger partial charge in [0.25, 0.3) is 5.91 Å². The summed E-state index contributed by atoms with van der Waals surface area (Å²) in [6.45, 7) is 6.62. The first-order valence-electron chi connectivity index (χ1n) is 14.0. The van der Waals surface area contributed by atoms with Crippen LogP contribution in [-0.2, 0) is 31.2 Å². The van der Waals surface area contributed by atoms with Gasteiger partial charge in [-0.1, -0.05) is 19.1 Å². The van der Waals surface area contributed by atoms with Crippen LogP contribution in [0, 0.1) is 5.92 Å². The molecular formula is C29H34FN3O7Si. The number of ether oxygens (including phenoxy) is 3. The van der Waals surface area contributed by atoms with Crippen molar-refractivity contribution in [3.63, 3.8) is 0 Å². The largest absolute Gasteiger partial charge is 0.447 e. The van der Waals surface area contributed by atoms with Gasteiger partial charge in [-0.25, -0.2) is 9.59 Å². The van der Waals surface area contributed by atoms with Crippen LogP contribution in [0.2, 0.25) is 18.6 Å². The Bertz CT molecular complexity index is 1380. The summed E-state index contributed by atoms with van der Waals surface area (Å²) in [7, 11) is -3.34. The van der Waals surface area contributed by atoms with Gasteiger partial charge in [-0.15, -0.1) is 0 Å². The molecule has 0 aromatic heterocycles. The van der Waals surface area contributed by atoms with E-state index >= 15 is 4.11 Å². The van der Waals surface area contributed by atoms with E-state index in [-0.39, 0.29) is 38.2 Å². The van der Waals surface area contributed by atoms with Crippen LogP contribution in [0.1, 0.15) is 24.5 Å². The zero-order valence-corrected chi connectivity index (χ0v) is 24.3. The lowest BCUT2D eigenvalue weighted by molar-refractivity contribution is -0.146. The summed E-state index contributed by atoms with van der Waals surface area (Å²) in [5.41, 5.74) is 1.36. The number of nitrogens with zero attached hydrogens (tertiary/aromatic N) is 3. The van der Waals surface area contributed by atoms with Gasteiger partial charge in [0.1, 0.15) is 13.2 Å². The van der Waals surface area contributed by atoms with E-state index in [1.165, 1.54) is 4.90 Å². The predicted molar refractivity (Wildman–Crippen MR) is 151 cm³/mol. The van der Waals surface area contributed by atoms with E-state index < -0.39 is 37.7 Å². The molecule has 0 radical (unpaired) electrons. The number of halogens is 1. The van der Waals surface area contributed by atoms with Gasteiger partial charge in [0.2, 0.25) is 8.41 Å². The summed E-state index contributed by atoms with van der Waals surface area (Å²) in [6, 6.07) is 12.7. The summed E-state index contributed by atoms with van der Waals surface area (Å²) < 4.78 is 32.6. The van der Waals surface area contributed by atoms with E-state index in [1.54, 1.807) is 41.1 Å². The number of aliphatic hydroxyl groups excluding tert-OH is 1. The molecule has 12 heteroatoms. The van der Waals surface area contributed by atoms with E-state index in [4.69, 9.17) is 14.2 Å². The molecule has 2 aromatic carbocycles. The van der Waals surface area contributed by atoms with Gasteiger partial charge in [-0.05, 0) is 55.4 Å². The van der Waals surface area contributed by atoms with Crippen LogP contribution in [0.5, 0.6) is 0 Å². The first kappa shape index (κ1) is 27.7. The highest BCUT2D eigenvalue weighted by Gasteiger charge is 2.66. The number of fused-ring (bicyclic) bond motifs is 2. The maximum Gasteiger partial charge on any atom is 0.414 e. The highest BCUT2D eigenvalue weighted by atomic mass is 28.4. The fraction of sp³-hybridized carbons (Fsp3) is 0.483. The number of carbonyl (C=O) groups is 3. The van der Waals surface area contributed by atoms with Gasteiger partial charge in [0, 0.05) is 35.0 Å².